The second kappa shape index (κ2) is 7.63. The lowest BCUT2D eigenvalue weighted by Crippen LogP contribution is -2.69. The van der Waals surface area contributed by atoms with Crippen LogP contribution in [0.3, 0.4) is 0 Å². The summed E-state index contributed by atoms with van der Waals surface area (Å²) >= 11 is 0. The maximum Gasteiger partial charge on any atom is 0.302 e. The summed E-state index contributed by atoms with van der Waals surface area (Å²) in [6.45, 7) is 15.4. The molecule has 0 radical (unpaired) electrons. The van der Waals surface area contributed by atoms with Gasteiger partial charge in [-0.25, -0.2) is 0 Å². The minimum atomic E-state index is -0.609. The number of carbonyl (C=O) groups excluding carboxylic acids is 2. The van der Waals surface area contributed by atoms with Crippen molar-refractivity contribution in [2.75, 3.05) is 6.61 Å². The number of hydrogen-bond donors (Lipinski definition) is 1. The number of rotatable bonds is 4. The van der Waals surface area contributed by atoms with Gasteiger partial charge in [0.05, 0.1) is 23.9 Å². The van der Waals surface area contributed by atoms with Crippen LogP contribution >= 0.6 is 0 Å². The number of hydrogen-bond acceptors (Lipinski definition) is 6. The van der Waals surface area contributed by atoms with E-state index in [0.29, 0.717) is 19.3 Å². The standard InChI is InChI=1S/C24H38O6/c1-8-22(5)10-9-19-23(6)12-17(29-16(3)26)11-21(4,14-28-15(2)25)20(23)18(27)13-24(19,7)30-22/h8,17-20,27H,1,9-14H2,2-7H3/t17-,18+,19+,20-,21-,22-,23+,24+/m0/s1. The first-order valence-electron chi connectivity index (χ1n) is 11.1. The van der Waals surface area contributed by atoms with Gasteiger partial charge in [0.1, 0.15) is 6.10 Å². The fraction of sp³-hybridized carbons (Fsp3) is 0.833. The molecule has 2 saturated carbocycles. The van der Waals surface area contributed by atoms with Crippen LogP contribution in [0.1, 0.15) is 73.6 Å². The Morgan fingerprint density at radius 2 is 1.80 bits per heavy atom. The monoisotopic (exact) mass is 422 g/mol. The molecular formula is C24H38O6. The number of carbonyl (C=O) groups is 2. The topological polar surface area (TPSA) is 82.1 Å². The van der Waals surface area contributed by atoms with Gasteiger partial charge in [-0.1, -0.05) is 19.9 Å². The summed E-state index contributed by atoms with van der Waals surface area (Å²) in [5.74, 6) is -0.562. The third kappa shape index (κ3) is 3.93. The summed E-state index contributed by atoms with van der Waals surface area (Å²) in [5.41, 5.74) is -1.76. The maximum absolute atomic E-state index is 11.8. The lowest BCUT2D eigenvalue weighted by Gasteiger charge is -2.67. The largest absolute Gasteiger partial charge is 0.465 e. The molecule has 3 rings (SSSR count). The van der Waals surface area contributed by atoms with Crippen molar-refractivity contribution in [3.63, 3.8) is 0 Å². The first-order valence-corrected chi connectivity index (χ1v) is 11.1. The van der Waals surface area contributed by atoms with Crippen molar-refractivity contribution in [1.29, 1.82) is 0 Å². The Labute approximate surface area is 180 Å². The van der Waals surface area contributed by atoms with Crippen LogP contribution in [0.15, 0.2) is 12.7 Å². The van der Waals surface area contributed by atoms with Crippen LogP contribution in [0.5, 0.6) is 0 Å². The molecule has 6 heteroatoms. The van der Waals surface area contributed by atoms with E-state index in [0.717, 1.165) is 12.8 Å². The summed E-state index contributed by atoms with van der Waals surface area (Å²) in [6.07, 6.45) is 4.51. The predicted octanol–water partition coefficient (Wildman–Crippen LogP) is 3.80. The number of aliphatic hydroxyl groups excluding tert-OH is 1. The van der Waals surface area contributed by atoms with Crippen molar-refractivity contribution in [2.24, 2.45) is 22.7 Å². The van der Waals surface area contributed by atoms with Crippen molar-refractivity contribution in [1.82, 2.24) is 0 Å². The van der Waals surface area contributed by atoms with E-state index >= 15 is 0 Å². The molecule has 0 aromatic heterocycles. The highest BCUT2D eigenvalue weighted by atomic mass is 16.5. The summed E-state index contributed by atoms with van der Waals surface area (Å²) in [6, 6.07) is 0. The van der Waals surface area contributed by atoms with E-state index in [2.05, 4.69) is 34.3 Å². The summed E-state index contributed by atoms with van der Waals surface area (Å²) < 4.78 is 17.8. The highest BCUT2D eigenvalue weighted by molar-refractivity contribution is 5.66. The molecule has 0 aromatic carbocycles. The molecule has 170 valence electrons. The summed E-state index contributed by atoms with van der Waals surface area (Å²) in [4.78, 5) is 23.4. The van der Waals surface area contributed by atoms with Crippen LogP contribution in [0.25, 0.3) is 0 Å². The van der Waals surface area contributed by atoms with Gasteiger partial charge in [-0.2, -0.15) is 0 Å². The van der Waals surface area contributed by atoms with Crippen LogP contribution in [-0.2, 0) is 23.8 Å². The molecule has 0 aromatic rings. The first-order chi connectivity index (χ1) is 13.8. The van der Waals surface area contributed by atoms with Crippen molar-refractivity contribution >= 4 is 11.9 Å². The van der Waals surface area contributed by atoms with E-state index in [1.165, 1.54) is 13.8 Å². The molecule has 3 fully saturated rings. The third-order valence-electron chi connectivity index (χ3n) is 8.12. The quantitative estimate of drug-likeness (QED) is 0.548. The smallest absolute Gasteiger partial charge is 0.302 e. The zero-order valence-electron chi connectivity index (χ0n) is 19.3. The van der Waals surface area contributed by atoms with E-state index in [4.69, 9.17) is 14.2 Å². The van der Waals surface area contributed by atoms with Crippen molar-refractivity contribution in [3.05, 3.63) is 12.7 Å². The fourth-order valence-electron chi connectivity index (χ4n) is 7.41. The average molecular weight is 423 g/mol. The molecule has 3 aliphatic rings. The second-order valence-corrected chi connectivity index (χ2v) is 10.9. The first kappa shape index (κ1) is 23.3. The Morgan fingerprint density at radius 3 is 2.37 bits per heavy atom. The fourth-order valence-corrected chi connectivity index (χ4v) is 7.41. The van der Waals surface area contributed by atoms with E-state index < -0.39 is 22.7 Å². The molecule has 8 atom stereocenters. The molecular weight excluding hydrogens is 384 g/mol. The Morgan fingerprint density at radius 1 is 1.13 bits per heavy atom. The van der Waals surface area contributed by atoms with Gasteiger partial charge < -0.3 is 19.3 Å². The Kier molecular flexibility index (Phi) is 5.92. The summed E-state index contributed by atoms with van der Waals surface area (Å²) in [5, 5.41) is 11.4. The third-order valence-corrected chi connectivity index (χ3v) is 8.12. The van der Waals surface area contributed by atoms with Gasteiger partial charge in [-0.3, -0.25) is 9.59 Å². The minimum absolute atomic E-state index is 0.0917. The van der Waals surface area contributed by atoms with Crippen LogP contribution in [-0.4, -0.2) is 47.1 Å². The van der Waals surface area contributed by atoms with Crippen LogP contribution < -0.4 is 0 Å². The van der Waals surface area contributed by atoms with Gasteiger partial charge >= 0.3 is 11.9 Å². The zero-order chi connectivity index (χ0) is 22.5. The van der Waals surface area contributed by atoms with Crippen molar-refractivity contribution in [3.8, 4) is 0 Å². The Balaban J connectivity index is 2.03. The molecule has 6 nitrogen and oxygen atoms in total. The lowest BCUT2D eigenvalue weighted by atomic mass is 9.43. The Hall–Kier alpha value is -1.40. The molecule has 2 aliphatic carbocycles. The SMILES string of the molecule is C=C[C@@]1(C)CC[C@@H]2[C@@]3(C)C[C@@H](OC(C)=O)C[C@@](C)(COC(C)=O)[C@@H]3[C@H](O)C[C@@]2(C)O1. The average Bonchev–Trinajstić information content (AvgIpc) is 2.57. The lowest BCUT2D eigenvalue weighted by molar-refractivity contribution is -0.290. The number of fused-ring (bicyclic) bond motifs is 3. The maximum atomic E-state index is 11.8. The van der Waals surface area contributed by atoms with Gasteiger partial charge in [0.2, 0.25) is 0 Å². The van der Waals surface area contributed by atoms with Gasteiger partial charge in [0.15, 0.2) is 0 Å². The number of ether oxygens (including phenoxy) is 3. The molecule has 1 aliphatic heterocycles. The van der Waals surface area contributed by atoms with Crippen LogP contribution in [0, 0.1) is 22.7 Å². The van der Waals surface area contributed by atoms with E-state index in [1.807, 2.05) is 6.08 Å². The van der Waals surface area contributed by atoms with Crippen LogP contribution in [0.4, 0.5) is 0 Å². The van der Waals surface area contributed by atoms with Crippen molar-refractivity contribution < 1.29 is 28.9 Å². The molecule has 1 heterocycles. The Bertz CT molecular complexity index is 720. The highest BCUT2D eigenvalue weighted by Crippen LogP contribution is 2.66. The van der Waals surface area contributed by atoms with Gasteiger partial charge in [-0.15, -0.1) is 6.58 Å². The highest BCUT2D eigenvalue weighted by Gasteiger charge is 2.67. The molecule has 1 saturated heterocycles. The second-order valence-electron chi connectivity index (χ2n) is 10.9. The summed E-state index contributed by atoms with van der Waals surface area (Å²) in [7, 11) is 0. The zero-order valence-corrected chi connectivity index (χ0v) is 19.3. The van der Waals surface area contributed by atoms with Gasteiger partial charge in [0, 0.05) is 25.7 Å². The number of aliphatic hydroxyl groups is 1. The van der Waals surface area contributed by atoms with Crippen LogP contribution in [0.2, 0.25) is 0 Å². The molecule has 1 N–H and O–H groups in total. The molecule has 0 unspecified atom stereocenters. The minimum Gasteiger partial charge on any atom is -0.465 e. The van der Waals surface area contributed by atoms with E-state index in [-0.39, 0.29) is 41.9 Å². The molecule has 0 bridgehead atoms. The van der Waals surface area contributed by atoms with Gasteiger partial charge in [-0.05, 0) is 56.8 Å². The van der Waals surface area contributed by atoms with Crippen molar-refractivity contribution in [2.45, 2.75) is 97.1 Å². The molecule has 30 heavy (non-hydrogen) atoms. The molecule has 0 spiro atoms. The van der Waals surface area contributed by atoms with E-state index in [9.17, 15) is 14.7 Å². The normalized spacial score (nSPS) is 48.1. The van der Waals surface area contributed by atoms with Gasteiger partial charge in [0.25, 0.3) is 0 Å². The van der Waals surface area contributed by atoms with E-state index in [1.54, 1.807) is 0 Å². The molecule has 0 amide bonds. The number of esters is 2. The predicted molar refractivity (Wildman–Crippen MR) is 113 cm³/mol.